The first-order valence-electron chi connectivity index (χ1n) is 11.1. The molecule has 0 radical (unpaired) electrons. The normalized spacial score (nSPS) is 13.4. The van der Waals surface area contributed by atoms with E-state index in [1.165, 1.54) is 0 Å². The van der Waals surface area contributed by atoms with E-state index in [2.05, 4.69) is 15.5 Å². The summed E-state index contributed by atoms with van der Waals surface area (Å²) in [5, 5.41) is 6.57. The van der Waals surface area contributed by atoms with E-state index < -0.39 is 0 Å². The summed E-state index contributed by atoms with van der Waals surface area (Å²) in [5.41, 5.74) is 1.98. The fraction of sp³-hybridized carbons (Fsp3) is 0.375. The number of piperazine rings is 1. The summed E-state index contributed by atoms with van der Waals surface area (Å²) >= 11 is 11.9. The Kier molecular flexibility index (Phi) is 8.91. The molecule has 0 aliphatic carbocycles. The number of thiocarbonyl (C=S) groups is 1. The fourth-order valence-electron chi connectivity index (χ4n) is 3.59. The number of amides is 2. The number of carbonyl (C=O) groups is 2. The van der Waals surface area contributed by atoms with Crippen molar-refractivity contribution in [1.82, 2.24) is 10.2 Å². The SMILES string of the molecule is CCCOc1ccc(C(=O)NC(=S)Nc2cccc(Cl)c2N2CCN(C(=O)CC)CC2)cc1. The highest BCUT2D eigenvalue weighted by Gasteiger charge is 2.23. The number of carbonyl (C=O) groups excluding carboxylic acids is 2. The molecule has 1 aliphatic rings. The van der Waals surface area contributed by atoms with Crippen molar-refractivity contribution < 1.29 is 14.3 Å². The molecule has 0 bridgehead atoms. The molecule has 2 N–H and O–H groups in total. The standard InChI is InChI=1S/C24H29ClN4O3S/c1-3-16-32-18-10-8-17(9-11-18)23(31)27-24(33)26-20-7-5-6-19(25)22(20)29-14-12-28(13-15-29)21(30)4-2/h5-11H,3-4,12-16H2,1-2H3,(H2,26,27,31,33). The molecule has 2 amide bonds. The van der Waals surface area contributed by atoms with E-state index in [1.807, 2.05) is 36.9 Å². The molecule has 1 fully saturated rings. The third-order valence-corrected chi connectivity index (χ3v) is 5.81. The average Bonchev–Trinajstić information content (AvgIpc) is 2.82. The number of benzene rings is 2. The van der Waals surface area contributed by atoms with Gasteiger partial charge in [0.15, 0.2) is 5.11 Å². The molecule has 33 heavy (non-hydrogen) atoms. The first-order chi connectivity index (χ1) is 15.9. The molecule has 9 heteroatoms. The summed E-state index contributed by atoms with van der Waals surface area (Å²) in [6, 6.07) is 12.4. The van der Waals surface area contributed by atoms with Gasteiger partial charge >= 0.3 is 0 Å². The quantitative estimate of drug-likeness (QED) is 0.565. The molecular formula is C24H29ClN4O3S. The lowest BCUT2D eigenvalue weighted by Gasteiger charge is -2.37. The zero-order valence-corrected chi connectivity index (χ0v) is 20.5. The Morgan fingerprint density at radius 2 is 1.76 bits per heavy atom. The van der Waals surface area contributed by atoms with Gasteiger partial charge in [-0.1, -0.05) is 31.5 Å². The second-order valence-electron chi connectivity index (χ2n) is 7.64. The minimum Gasteiger partial charge on any atom is -0.494 e. The molecule has 3 rings (SSSR count). The van der Waals surface area contributed by atoms with Crippen molar-refractivity contribution >= 4 is 52.1 Å². The molecule has 0 unspecified atom stereocenters. The van der Waals surface area contributed by atoms with Crippen LogP contribution in [0.4, 0.5) is 11.4 Å². The smallest absolute Gasteiger partial charge is 0.257 e. The molecule has 1 aliphatic heterocycles. The van der Waals surface area contributed by atoms with Gasteiger partial charge in [0.2, 0.25) is 5.91 Å². The van der Waals surface area contributed by atoms with Crippen molar-refractivity contribution in [3.05, 3.63) is 53.1 Å². The predicted octanol–water partition coefficient (Wildman–Crippen LogP) is 4.31. The Hall–Kier alpha value is -2.84. The highest BCUT2D eigenvalue weighted by Crippen LogP contribution is 2.34. The lowest BCUT2D eigenvalue weighted by molar-refractivity contribution is -0.131. The van der Waals surface area contributed by atoms with Gasteiger partial charge in [-0.3, -0.25) is 14.9 Å². The molecule has 2 aromatic carbocycles. The van der Waals surface area contributed by atoms with Gasteiger partial charge < -0.3 is 19.9 Å². The van der Waals surface area contributed by atoms with Crippen LogP contribution in [0.1, 0.15) is 37.0 Å². The Morgan fingerprint density at radius 1 is 1.06 bits per heavy atom. The second-order valence-corrected chi connectivity index (χ2v) is 8.45. The van der Waals surface area contributed by atoms with Crippen molar-refractivity contribution in [1.29, 1.82) is 0 Å². The van der Waals surface area contributed by atoms with E-state index in [0.717, 1.165) is 17.9 Å². The first-order valence-corrected chi connectivity index (χ1v) is 11.9. The van der Waals surface area contributed by atoms with E-state index in [9.17, 15) is 9.59 Å². The van der Waals surface area contributed by atoms with E-state index in [1.54, 1.807) is 24.3 Å². The van der Waals surface area contributed by atoms with Crippen molar-refractivity contribution in [2.75, 3.05) is 43.0 Å². The molecule has 1 heterocycles. The molecule has 176 valence electrons. The van der Waals surface area contributed by atoms with Crippen LogP contribution in [0, 0.1) is 0 Å². The number of nitrogens with zero attached hydrogens (tertiary/aromatic N) is 2. The molecular weight excluding hydrogens is 460 g/mol. The summed E-state index contributed by atoms with van der Waals surface area (Å²) < 4.78 is 5.55. The highest BCUT2D eigenvalue weighted by atomic mass is 35.5. The monoisotopic (exact) mass is 488 g/mol. The summed E-state index contributed by atoms with van der Waals surface area (Å²) in [6.45, 7) is 7.13. The Bertz CT molecular complexity index is 992. The highest BCUT2D eigenvalue weighted by molar-refractivity contribution is 7.80. The Balaban J connectivity index is 1.64. The van der Waals surface area contributed by atoms with Crippen molar-refractivity contribution in [3.8, 4) is 5.75 Å². The van der Waals surface area contributed by atoms with Gasteiger partial charge in [0.05, 0.1) is 23.0 Å². The largest absolute Gasteiger partial charge is 0.494 e. The van der Waals surface area contributed by atoms with Crippen LogP contribution in [0.25, 0.3) is 0 Å². The topological polar surface area (TPSA) is 73.9 Å². The number of para-hydroxylation sites is 1. The number of ether oxygens (including phenoxy) is 1. The van der Waals surface area contributed by atoms with Gasteiger partial charge in [0.1, 0.15) is 5.75 Å². The van der Waals surface area contributed by atoms with Crippen molar-refractivity contribution in [3.63, 3.8) is 0 Å². The molecule has 1 saturated heterocycles. The number of halogens is 1. The molecule has 2 aromatic rings. The van der Waals surface area contributed by atoms with Gasteiger partial charge in [-0.05, 0) is 55.0 Å². The summed E-state index contributed by atoms with van der Waals surface area (Å²) in [6.07, 6.45) is 1.42. The molecule has 0 spiro atoms. The molecule has 7 nitrogen and oxygen atoms in total. The van der Waals surface area contributed by atoms with Gasteiger partial charge in [0, 0.05) is 38.2 Å². The Morgan fingerprint density at radius 3 is 2.39 bits per heavy atom. The maximum atomic E-state index is 12.6. The molecule has 0 saturated carbocycles. The summed E-state index contributed by atoms with van der Waals surface area (Å²) in [4.78, 5) is 28.6. The van der Waals surface area contributed by atoms with E-state index >= 15 is 0 Å². The number of nitrogens with one attached hydrogen (secondary N) is 2. The summed E-state index contributed by atoms with van der Waals surface area (Å²) in [5.74, 6) is 0.559. The molecule has 0 aromatic heterocycles. The fourth-order valence-corrected chi connectivity index (χ4v) is 4.09. The lowest BCUT2D eigenvalue weighted by Crippen LogP contribution is -2.49. The van der Waals surface area contributed by atoms with Gasteiger partial charge in [0.25, 0.3) is 5.91 Å². The predicted molar refractivity (Wildman–Crippen MR) is 136 cm³/mol. The lowest BCUT2D eigenvalue weighted by atomic mass is 10.2. The Labute approximate surface area is 205 Å². The second kappa shape index (κ2) is 11.9. The van der Waals surface area contributed by atoms with E-state index in [4.69, 9.17) is 28.6 Å². The maximum Gasteiger partial charge on any atom is 0.257 e. The van der Waals surface area contributed by atoms with E-state index in [-0.39, 0.29) is 16.9 Å². The van der Waals surface area contributed by atoms with Crippen LogP contribution in [0.3, 0.4) is 0 Å². The summed E-state index contributed by atoms with van der Waals surface area (Å²) in [7, 11) is 0. The third kappa shape index (κ3) is 6.58. The van der Waals surface area contributed by atoms with Crippen LogP contribution in [-0.2, 0) is 4.79 Å². The van der Waals surface area contributed by atoms with Gasteiger partial charge in [-0.15, -0.1) is 0 Å². The number of hydrogen-bond acceptors (Lipinski definition) is 5. The van der Waals surface area contributed by atoms with Gasteiger partial charge in [-0.2, -0.15) is 0 Å². The van der Waals surface area contributed by atoms with Crippen LogP contribution < -0.4 is 20.3 Å². The number of anilines is 2. The zero-order chi connectivity index (χ0) is 23.8. The van der Waals surface area contributed by atoms with Crippen LogP contribution in [-0.4, -0.2) is 54.6 Å². The number of hydrogen-bond donors (Lipinski definition) is 2. The minimum absolute atomic E-state index is 0.154. The first kappa shape index (κ1) is 24.8. The van der Waals surface area contributed by atoms with Gasteiger partial charge in [-0.25, -0.2) is 0 Å². The van der Waals surface area contributed by atoms with Crippen LogP contribution >= 0.6 is 23.8 Å². The van der Waals surface area contributed by atoms with Crippen molar-refractivity contribution in [2.24, 2.45) is 0 Å². The number of rotatable bonds is 7. The van der Waals surface area contributed by atoms with Crippen molar-refractivity contribution in [2.45, 2.75) is 26.7 Å². The molecule has 0 atom stereocenters. The van der Waals surface area contributed by atoms with Crippen LogP contribution in [0.2, 0.25) is 5.02 Å². The minimum atomic E-state index is -0.315. The maximum absolute atomic E-state index is 12.6. The van der Waals surface area contributed by atoms with Crippen LogP contribution in [0.15, 0.2) is 42.5 Å². The third-order valence-electron chi connectivity index (χ3n) is 5.30. The van der Waals surface area contributed by atoms with Crippen LogP contribution in [0.5, 0.6) is 5.75 Å². The average molecular weight is 489 g/mol. The van der Waals surface area contributed by atoms with E-state index in [0.29, 0.717) is 55.5 Å². The zero-order valence-electron chi connectivity index (χ0n) is 18.9.